The van der Waals surface area contributed by atoms with Crippen LogP contribution in [0.1, 0.15) is 31.0 Å². The van der Waals surface area contributed by atoms with E-state index in [0.717, 1.165) is 5.56 Å². The van der Waals surface area contributed by atoms with E-state index in [1.807, 2.05) is 39.0 Å². The molecule has 1 unspecified atom stereocenters. The van der Waals surface area contributed by atoms with Crippen molar-refractivity contribution in [3.8, 4) is 0 Å². The third kappa shape index (κ3) is 3.67. The van der Waals surface area contributed by atoms with Gasteiger partial charge in [0.15, 0.2) is 0 Å². The van der Waals surface area contributed by atoms with Crippen LogP contribution in [-0.4, -0.2) is 10.7 Å². The SMILES string of the molecule is Cc1cccc([C@@H](C)NC(=O)C(C)Br)c1. The van der Waals surface area contributed by atoms with Gasteiger partial charge in [0, 0.05) is 0 Å². The zero-order chi connectivity index (χ0) is 11.4. The van der Waals surface area contributed by atoms with Gasteiger partial charge in [0.1, 0.15) is 0 Å². The van der Waals surface area contributed by atoms with Crippen molar-refractivity contribution in [3.05, 3.63) is 35.4 Å². The second-order valence-electron chi connectivity index (χ2n) is 3.76. The molecule has 2 nitrogen and oxygen atoms in total. The lowest BCUT2D eigenvalue weighted by Crippen LogP contribution is -2.31. The van der Waals surface area contributed by atoms with Crippen LogP contribution in [0.2, 0.25) is 0 Å². The van der Waals surface area contributed by atoms with Crippen molar-refractivity contribution in [2.75, 3.05) is 0 Å². The van der Waals surface area contributed by atoms with Crippen molar-refractivity contribution in [3.63, 3.8) is 0 Å². The van der Waals surface area contributed by atoms with Crippen LogP contribution in [0, 0.1) is 6.92 Å². The molecule has 0 aliphatic heterocycles. The van der Waals surface area contributed by atoms with Crippen LogP contribution < -0.4 is 5.32 Å². The van der Waals surface area contributed by atoms with Crippen LogP contribution in [0.4, 0.5) is 0 Å². The summed E-state index contributed by atoms with van der Waals surface area (Å²) in [6.07, 6.45) is 0. The molecular formula is C12H16BrNO. The number of amides is 1. The lowest BCUT2D eigenvalue weighted by molar-refractivity contribution is -0.120. The topological polar surface area (TPSA) is 29.1 Å². The van der Waals surface area contributed by atoms with Crippen LogP contribution in [0.5, 0.6) is 0 Å². The number of nitrogens with one attached hydrogen (secondary N) is 1. The van der Waals surface area contributed by atoms with Gasteiger partial charge in [-0.05, 0) is 26.3 Å². The maximum Gasteiger partial charge on any atom is 0.233 e. The zero-order valence-electron chi connectivity index (χ0n) is 9.25. The van der Waals surface area contributed by atoms with E-state index in [-0.39, 0.29) is 16.8 Å². The number of rotatable bonds is 3. The fraction of sp³-hybridized carbons (Fsp3) is 0.417. The molecule has 0 spiro atoms. The minimum Gasteiger partial charge on any atom is -0.349 e. The van der Waals surface area contributed by atoms with Crippen molar-refractivity contribution < 1.29 is 4.79 Å². The predicted molar refractivity (Wildman–Crippen MR) is 66.1 cm³/mol. The van der Waals surface area contributed by atoms with Gasteiger partial charge < -0.3 is 5.32 Å². The van der Waals surface area contributed by atoms with Gasteiger partial charge in [0.05, 0.1) is 10.9 Å². The third-order valence-corrected chi connectivity index (χ3v) is 2.68. The quantitative estimate of drug-likeness (QED) is 0.840. The lowest BCUT2D eigenvalue weighted by atomic mass is 10.1. The van der Waals surface area contributed by atoms with E-state index in [2.05, 4.69) is 27.3 Å². The van der Waals surface area contributed by atoms with E-state index < -0.39 is 0 Å². The summed E-state index contributed by atoms with van der Waals surface area (Å²) in [5.41, 5.74) is 2.34. The summed E-state index contributed by atoms with van der Waals surface area (Å²) < 4.78 is 0. The summed E-state index contributed by atoms with van der Waals surface area (Å²) in [6.45, 7) is 5.85. The number of alkyl halides is 1. The Morgan fingerprint density at radius 1 is 1.40 bits per heavy atom. The summed E-state index contributed by atoms with van der Waals surface area (Å²) in [4.78, 5) is 11.3. The zero-order valence-corrected chi connectivity index (χ0v) is 10.8. The molecule has 82 valence electrons. The molecule has 1 rings (SSSR count). The summed E-state index contributed by atoms with van der Waals surface area (Å²) in [6, 6.07) is 8.22. The molecule has 0 fully saturated rings. The largest absolute Gasteiger partial charge is 0.349 e. The van der Waals surface area contributed by atoms with E-state index >= 15 is 0 Å². The van der Waals surface area contributed by atoms with Crippen molar-refractivity contribution in [1.29, 1.82) is 0 Å². The van der Waals surface area contributed by atoms with Crippen LogP contribution in [0.15, 0.2) is 24.3 Å². The molecule has 0 bridgehead atoms. The normalized spacial score (nSPS) is 14.4. The van der Waals surface area contributed by atoms with Crippen molar-refractivity contribution >= 4 is 21.8 Å². The summed E-state index contributed by atoms with van der Waals surface area (Å²) >= 11 is 3.24. The third-order valence-electron chi connectivity index (χ3n) is 2.26. The monoisotopic (exact) mass is 269 g/mol. The molecule has 0 saturated carbocycles. The second-order valence-corrected chi connectivity index (χ2v) is 5.13. The van der Waals surface area contributed by atoms with Crippen LogP contribution in [-0.2, 0) is 4.79 Å². The first kappa shape index (κ1) is 12.2. The van der Waals surface area contributed by atoms with E-state index in [1.165, 1.54) is 5.56 Å². The van der Waals surface area contributed by atoms with Crippen molar-refractivity contribution in [2.24, 2.45) is 0 Å². The Hall–Kier alpha value is -0.830. The molecule has 0 saturated heterocycles. The molecule has 3 heteroatoms. The highest BCUT2D eigenvalue weighted by molar-refractivity contribution is 9.10. The Kier molecular flexibility index (Phi) is 4.33. The lowest BCUT2D eigenvalue weighted by Gasteiger charge is -2.15. The van der Waals surface area contributed by atoms with Gasteiger partial charge in [-0.2, -0.15) is 0 Å². The summed E-state index contributed by atoms with van der Waals surface area (Å²) in [7, 11) is 0. The molecule has 0 heterocycles. The van der Waals surface area contributed by atoms with E-state index in [9.17, 15) is 4.79 Å². The average Bonchev–Trinajstić information content (AvgIpc) is 2.17. The molecule has 0 radical (unpaired) electrons. The highest BCUT2D eigenvalue weighted by Crippen LogP contribution is 2.14. The maximum atomic E-state index is 11.5. The first-order chi connectivity index (χ1) is 7.00. The van der Waals surface area contributed by atoms with Gasteiger partial charge in [0.25, 0.3) is 0 Å². The van der Waals surface area contributed by atoms with Crippen LogP contribution in [0.25, 0.3) is 0 Å². The minimum absolute atomic E-state index is 0.0176. The highest BCUT2D eigenvalue weighted by atomic mass is 79.9. The van der Waals surface area contributed by atoms with Gasteiger partial charge in [-0.3, -0.25) is 4.79 Å². The standard InChI is InChI=1S/C12H16BrNO/c1-8-5-4-6-11(7-8)10(3)14-12(15)9(2)13/h4-7,9-10H,1-3H3,(H,14,15)/t9?,10-/m1/s1. The molecular weight excluding hydrogens is 254 g/mol. The van der Waals surface area contributed by atoms with Crippen molar-refractivity contribution in [2.45, 2.75) is 31.6 Å². The van der Waals surface area contributed by atoms with Crippen LogP contribution >= 0.6 is 15.9 Å². The molecule has 15 heavy (non-hydrogen) atoms. The van der Waals surface area contributed by atoms with E-state index in [4.69, 9.17) is 0 Å². The highest BCUT2D eigenvalue weighted by Gasteiger charge is 2.12. The Bertz CT molecular complexity index is 349. The molecule has 1 aromatic rings. The van der Waals surface area contributed by atoms with E-state index in [0.29, 0.717) is 0 Å². The summed E-state index contributed by atoms with van der Waals surface area (Å²) in [5.74, 6) is 0.0176. The molecule has 1 amide bonds. The van der Waals surface area contributed by atoms with Gasteiger partial charge in [-0.1, -0.05) is 45.8 Å². The molecule has 0 aliphatic carbocycles. The average molecular weight is 270 g/mol. The fourth-order valence-electron chi connectivity index (χ4n) is 1.35. The number of carbonyl (C=O) groups is 1. The first-order valence-corrected chi connectivity index (χ1v) is 5.93. The number of hydrogen-bond donors (Lipinski definition) is 1. The van der Waals surface area contributed by atoms with Crippen molar-refractivity contribution in [1.82, 2.24) is 5.32 Å². The smallest absolute Gasteiger partial charge is 0.233 e. The molecule has 1 N–H and O–H groups in total. The Balaban J connectivity index is 2.69. The number of aryl methyl sites for hydroxylation is 1. The number of carbonyl (C=O) groups excluding carboxylic acids is 1. The molecule has 1 aromatic carbocycles. The maximum absolute atomic E-state index is 11.5. The Morgan fingerprint density at radius 2 is 2.07 bits per heavy atom. The number of hydrogen-bond acceptors (Lipinski definition) is 1. The van der Waals surface area contributed by atoms with Gasteiger partial charge >= 0.3 is 0 Å². The number of benzene rings is 1. The summed E-state index contributed by atoms with van der Waals surface area (Å²) in [5, 5.41) is 2.94. The molecule has 2 atom stereocenters. The Labute approximate surface area is 99.2 Å². The van der Waals surface area contributed by atoms with E-state index in [1.54, 1.807) is 0 Å². The number of halogens is 1. The minimum atomic E-state index is -0.148. The first-order valence-electron chi connectivity index (χ1n) is 5.01. The Morgan fingerprint density at radius 3 is 2.60 bits per heavy atom. The molecule has 0 aromatic heterocycles. The second kappa shape index (κ2) is 5.31. The predicted octanol–water partition coefficient (Wildman–Crippen LogP) is 2.96. The van der Waals surface area contributed by atoms with Gasteiger partial charge in [-0.25, -0.2) is 0 Å². The fourth-order valence-corrected chi connectivity index (χ4v) is 1.48. The van der Waals surface area contributed by atoms with Gasteiger partial charge in [-0.15, -0.1) is 0 Å². The molecule has 0 aliphatic rings. The van der Waals surface area contributed by atoms with Gasteiger partial charge in [0.2, 0.25) is 5.91 Å². The van der Waals surface area contributed by atoms with Crippen LogP contribution in [0.3, 0.4) is 0 Å².